The summed E-state index contributed by atoms with van der Waals surface area (Å²) >= 11 is 0. The maximum atomic E-state index is 11.6. The number of Topliss-reactive ketones (excluding diaryl/α,β-unsaturated/α-hetero) is 1. The highest BCUT2D eigenvalue weighted by Gasteiger charge is 2.34. The van der Waals surface area contributed by atoms with E-state index in [9.17, 15) is 9.90 Å². The molecule has 2 rings (SSSR count). The number of hydrogen-bond acceptors (Lipinski definition) is 4. The first-order valence-electron chi connectivity index (χ1n) is 5.08. The van der Waals surface area contributed by atoms with Crippen molar-refractivity contribution in [3.63, 3.8) is 0 Å². The van der Waals surface area contributed by atoms with Gasteiger partial charge in [0.15, 0.2) is 5.78 Å². The van der Waals surface area contributed by atoms with Crippen molar-refractivity contribution in [1.29, 1.82) is 0 Å². The molecule has 0 radical (unpaired) electrons. The van der Waals surface area contributed by atoms with E-state index in [1.165, 1.54) is 0 Å². The molecule has 1 unspecified atom stereocenters. The van der Waals surface area contributed by atoms with Gasteiger partial charge < -0.3 is 10.8 Å². The Morgan fingerprint density at radius 2 is 2.40 bits per heavy atom. The fraction of sp³-hybridized carbons (Fsp3) is 0.455. The largest absolute Gasteiger partial charge is 0.385 e. The zero-order valence-electron chi connectivity index (χ0n) is 8.39. The molecule has 4 nitrogen and oxygen atoms in total. The van der Waals surface area contributed by atoms with Crippen molar-refractivity contribution in [1.82, 2.24) is 4.98 Å². The number of nitrogens with zero attached hydrogens (tertiary/aromatic N) is 1. The van der Waals surface area contributed by atoms with Crippen LogP contribution >= 0.6 is 0 Å². The second-order valence-electron chi connectivity index (χ2n) is 4.01. The smallest absolute Gasteiger partial charge is 0.165 e. The summed E-state index contributed by atoms with van der Waals surface area (Å²) in [5.41, 5.74) is 6.31. The summed E-state index contributed by atoms with van der Waals surface area (Å²) in [7, 11) is 0. The van der Waals surface area contributed by atoms with Crippen LogP contribution in [-0.4, -0.2) is 22.0 Å². The minimum Gasteiger partial charge on any atom is -0.385 e. The first kappa shape index (κ1) is 10.1. The summed E-state index contributed by atoms with van der Waals surface area (Å²) in [6.45, 7) is 0. The van der Waals surface area contributed by atoms with Gasteiger partial charge in [-0.05, 0) is 36.5 Å². The van der Waals surface area contributed by atoms with E-state index in [-0.39, 0.29) is 18.1 Å². The molecule has 1 aromatic rings. The summed E-state index contributed by atoms with van der Waals surface area (Å²) < 4.78 is 0. The minimum atomic E-state index is -0.792. The number of aromatic nitrogens is 1. The monoisotopic (exact) mass is 206 g/mol. The van der Waals surface area contributed by atoms with Crippen molar-refractivity contribution < 1.29 is 9.90 Å². The average Bonchev–Trinajstić information content (AvgIpc) is 2.99. The molecule has 3 N–H and O–H groups in total. The van der Waals surface area contributed by atoms with Gasteiger partial charge in [0, 0.05) is 12.6 Å². The highest BCUT2D eigenvalue weighted by molar-refractivity contribution is 5.85. The zero-order valence-corrected chi connectivity index (χ0v) is 8.39. The van der Waals surface area contributed by atoms with E-state index in [2.05, 4.69) is 4.98 Å². The molecule has 0 aromatic carbocycles. The minimum absolute atomic E-state index is 0.122. The maximum absolute atomic E-state index is 11.6. The summed E-state index contributed by atoms with van der Waals surface area (Å²) in [4.78, 5) is 15.4. The molecule has 4 heteroatoms. The summed E-state index contributed by atoms with van der Waals surface area (Å²) in [6.07, 6.45) is 2.95. The number of rotatable bonds is 4. The average molecular weight is 206 g/mol. The standard InChI is InChI=1S/C11H14N2O2/c12-10-6-7(3-4-13-10)5-9(14)11(15)8-1-2-8/h3-4,6,8,11,15H,1-2,5H2,(H2,12,13). The predicted molar refractivity (Wildman–Crippen MR) is 56.1 cm³/mol. The van der Waals surface area contributed by atoms with Crippen LogP contribution in [0.25, 0.3) is 0 Å². The molecule has 1 heterocycles. The van der Waals surface area contributed by atoms with E-state index >= 15 is 0 Å². The number of aliphatic hydroxyl groups is 1. The first-order valence-corrected chi connectivity index (χ1v) is 5.08. The van der Waals surface area contributed by atoms with E-state index in [0.29, 0.717) is 5.82 Å². The molecular weight excluding hydrogens is 192 g/mol. The summed E-state index contributed by atoms with van der Waals surface area (Å²) in [6, 6.07) is 3.41. The Labute approximate surface area is 88.1 Å². The van der Waals surface area contributed by atoms with E-state index in [4.69, 9.17) is 5.73 Å². The normalized spacial score (nSPS) is 17.4. The van der Waals surface area contributed by atoms with E-state index in [0.717, 1.165) is 18.4 Å². The van der Waals surface area contributed by atoms with Gasteiger partial charge in [0.25, 0.3) is 0 Å². The van der Waals surface area contributed by atoms with E-state index in [1.807, 2.05) is 0 Å². The lowest BCUT2D eigenvalue weighted by atomic mass is 10.0. The number of carbonyl (C=O) groups excluding carboxylic acids is 1. The van der Waals surface area contributed by atoms with Crippen molar-refractivity contribution in [3.05, 3.63) is 23.9 Å². The van der Waals surface area contributed by atoms with Gasteiger partial charge in [-0.3, -0.25) is 4.79 Å². The van der Waals surface area contributed by atoms with Crippen molar-refractivity contribution in [2.45, 2.75) is 25.4 Å². The van der Waals surface area contributed by atoms with Crippen LogP contribution in [0, 0.1) is 5.92 Å². The van der Waals surface area contributed by atoms with Crippen molar-refractivity contribution in [3.8, 4) is 0 Å². The lowest BCUT2D eigenvalue weighted by molar-refractivity contribution is -0.127. The summed E-state index contributed by atoms with van der Waals surface area (Å²) in [5.74, 6) is 0.473. The molecule has 1 atom stereocenters. The van der Waals surface area contributed by atoms with E-state index in [1.54, 1.807) is 18.3 Å². The van der Waals surface area contributed by atoms with Gasteiger partial charge in [-0.15, -0.1) is 0 Å². The molecule has 1 fully saturated rings. The number of hydrogen-bond donors (Lipinski definition) is 2. The molecule has 0 spiro atoms. The Bertz CT molecular complexity index is 375. The molecule has 0 aliphatic heterocycles. The number of ketones is 1. The Kier molecular flexibility index (Phi) is 2.68. The topological polar surface area (TPSA) is 76.2 Å². The van der Waals surface area contributed by atoms with Gasteiger partial charge in [-0.2, -0.15) is 0 Å². The Morgan fingerprint density at radius 1 is 1.67 bits per heavy atom. The van der Waals surface area contributed by atoms with Gasteiger partial charge in [0.05, 0.1) is 0 Å². The van der Waals surface area contributed by atoms with Crippen LogP contribution in [0.15, 0.2) is 18.3 Å². The van der Waals surface area contributed by atoms with Crippen LogP contribution in [0.3, 0.4) is 0 Å². The number of pyridine rings is 1. The number of nitrogens with two attached hydrogens (primary N) is 1. The molecule has 1 aromatic heterocycles. The first-order chi connectivity index (χ1) is 7.16. The molecule has 1 saturated carbocycles. The van der Waals surface area contributed by atoms with Crippen LogP contribution in [0.5, 0.6) is 0 Å². The predicted octanol–water partition coefficient (Wildman–Crippen LogP) is 0.546. The van der Waals surface area contributed by atoms with Crippen LogP contribution in [0.1, 0.15) is 18.4 Å². The van der Waals surface area contributed by atoms with Crippen LogP contribution in [0.4, 0.5) is 5.82 Å². The summed E-state index contributed by atoms with van der Waals surface area (Å²) in [5, 5.41) is 9.59. The molecule has 0 saturated heterocycles. The van der Waals surface area contributed by atoms with Gasteiger partial charge in [0.1, 0.15) is 11.9 Å². The number of carbonyl (C=O) groups is 1. The second-order valence-corrected chi connectivity index (χ2v) is 4.01. The number of nitrogen functional groups attached to an aromatic ring is 1. The van der Waals surface area contributed by atoms with E-state index < -0.39 is 6.10 Å². The molecule has 15 heavy (non-hydrogen) atoms. The van der Waals surface area contributed by atoms with Gasteiger partial charge in [0.2, 0.25) is 0 Å². The zero-order chi connectivity index (χ0) is 10.8. The fourth-order valence-corrected chi connectivity index (χ4v) is 1.58. The van der Waals surface area contributed by atoms with Gasteiger partial charge in [-0.25, -0.2) is 4.98 Å². The lowest BCUT2D eigenvalue weighted by Gasteiger charge is -2.07. The van der Waals surface area contributed by atoms with Crippen LogP contribution < -0.4 is 5.73 Å². The van der Waals surface area contributed by atoms with Crippen LogP contribution in [-0.2, 0) is 11.2 Å². The molecule has 80 valence electrons. The van der Waals surface area contributed by atoms with Crippen molar-refractivity contribution in [2.24, 2.45) is 5.92 Å². The van der Waals surface area contributed by atoms with Crippen LogP contribution in [0.2, 0.25) is 0 Å². The second kappa shape index (κ2) is 3.98. The highest BCUT2D eigenvalue weighted by Crippen LogP contribution is 2.33. The highest BCUT2D eigenvalue weighted by atomic mass is 16.3. The molecule has 1 aliphatic rings. The lowest BCUT2D eigenvalue weighted by Crippen LogP contribution is -2.24. The van der Waals surface area contributed by atoms with Gasteiger partial charge >= 0.3 is 0 Å². The number of anilines is 1. The van der Waals surface area contributed by atoms with Gasteiger partial charge in [-0.1, -0.05) is 0 Å². The fourth-order valence-electron chi connectivity index (χ4n) is 1.58. The Balaban J connectivity index is 1.98. The third kappa shape index (κ3) is 2.53. The molecule has 1 aliphatic carbocycles. The third-order valence-corrected chi connectivity index (χ3v) is 2.62. The quantitative estimate of drug-likeness (QED) is 0.754. The SMILES string of the molecule is Nc1cc(CC(=O)C(O)C2CC2)ccn1. The Hall–Kier alpha value is -1.42. The molecular formula is C11H14N2O2. The molecule has 0 amide bonds. The number of aliphatic hydroxyl groups excluding tert-OH is 1. The van der Waals surface area contributed by atoms with Crippen molar-refractivity contribution >= 4 is 11.6 Å². The maximum Gasteiger partial charge on any atom is 0.165 e. The Morgan fingerprint density at radius 3 is 3.00 bits per heavy atom. The third-order valence-electron chi connectivity index (χ3n) is 2.62. The van der Waals surface area contributed by atoms with Crippen molar-refractivity contribution in [2.75, 3.05) is 5.73 Å². The molecule has 0 bridgehead atoms.